The monoisotopic (exact) mass is 746 g/mol. The third-order valence-corrected chi connectivity index (χ3v) is 10.5. The van der Waals surface area contributed by atoms with Crippen molar-refractivity contribution in [1.82, 2.24) is 0 Å². The molecular formula is C42H84NO7P. The molecule has 0 fully saturated rings. The smallest absolute Gasteiger partial charge is 0.305 e. The standard InChI is InChI=1S/C42H84NO7P/c1-5-6-7-8-9-10-11-12-13-14-15-16-17-18-19-20-21-22-23-24-25-26-27-28-29-30-31-32-33-34-35-36-42(45)48-39-41(44)40-50-51(46,47)49-38-37-43(2,3)4/h14-15,41,44H,5-13,16-40H2,1-4H3/b15-14-. The van der Waals surface area contributed by atoms with E-state index >= 15 is 0 Å². The number of hydrogen-bond acceptors (Lipinski definition) is 7. The lowest BCUT2D eigenvalue weighted by atomic mass is 10.0. The van der Waals surface area contributed by atoms with Gasteiger partial charge in [0.05, 0.1) is 27.7 Å². The van der Waals surface area contributed by atoms with Gasteiger partial charge in [-0.25, -0.2) is 0 Å². The molecule has 9 heteroatoms. The largest absolute Gasteiger partial charge is 0.756 e. The van der Waals surface area contributed by atoms with Crippen molar-refractivity contribution in [3.8, 4) is 0 Å². The summed E-state index contributed by atoms with van der Waals surface area (Å²) in [5.41, 5.74) is 0. The molecule has 1 N–H and O–H groups in total. The van der Waals surface area contributed by atoms with E-state index in [1.807, 2.05) is 21.1 Å². The fourth-order valence-electron chi connectivity index (χ4n) is 6.12. The van der Waals surface area contributed by atoms with Crippen LogP contribution in [0.25, 0.3) is 0 Å². The molecule has 2 atom stereocenters. The zero-order valence-corrected chi connectivity index (χ0v) is 35.0. The summed E-state index contributed by atoms with van der Waals surface area (Å²) in [6, 6.07) is 0. The molecule has 0 aromatic carbocycles. The molecule has 51 heavy (non-hydrogen) atoms. The van der Waals surface area contributed by atoms with Gasteiger partial charge < -0.3 is 28.3 Å². The van der Waals surface area contributed by atoms with Gasteiger partial charge in [-0.05, 0) is 32.1 Å². The van der Waals surface area contributed by atoms with E-state index in [0.29, 0.717) is 17.4 Å². The number of esters is 1. The molecule has 0 aromatic rings. The van der Waals surface area contributed by atoms with Crippen molar-refractivity contribution in [2.45, 2.75) is 206 Å². The Morgan fingerprint density at radius 1 is 0.608 bits per heavy atom. The van der Waals surface area contributed by atoms with Crippen LogP contribution in [0.1, 0.15) is 200 Å². The molecule has 304 valence electrons. The molecule has 0 saturated carbocycles. The van der Waals surface area contributed by atoms with Gasteiger partial charge in [0.2, 0.25) is 0 Å². The number of aliphatic hydroxyl groups is 1. The first-order valence-corrected chi connectivity index (χ1v) is 22.9. The number of carbonyl (C=O) groups excluding carboxylic acids is 1. The van der Waals surface area contributed by atoms with Crippen molar-refractivity contribution >= 4 is 13.8 Å². The fourth-order valence-corrected chi connectivity index (χ4v) is 6.85. The van der Waals surface area contributed by atoms with E-state index in [9.17, 15) is 19.4 Å². The SMILES string of the molecule is CCCCCCCCCC/C=C\CCCCCCCCCCCCCCCCCCCCCC(=O)OCC(O)COP(=O)([O-])OCC[N+](C)(C)C. The average molecular weight is 746 g/mol. The molecular weight excluding hydrogens is 661 g/mol. The molecule has 8 nitrogen and oxygen atoms in total. The summed E-state index contributed by atoms with van der Waals surface area (Å²) in [6.07, 6.45) is 42.5. The normalized spacial score (nSPS) is 13.9. The summed E-state index contributed by atoms with van der Waals surface area (Å²) in [7, 11) is 1.26. The predicted molar refractivity (Wildman–Crippen MR) is 213 cm³/mol. The zero-order chi connectivity index (χ0) is 37.7. The van der Waals surface area contributed by atoms with Gasteiger partial charge in [0, 0.05) is 6.42 Å². The third-order valence-electron chi connectivity index (χ3n) is 9.52. The van der Waals surface area contributed by atoms with Crippen LogP contribution in [0.2, 0.25) is 0 Å². The summed E-state index contributed by atoms with van der Waals surface area (Å²) in [6.45, 7) is 1.98. The van der Waals surface area contributed by atoms with Crippen molar-refractivity contribution in [2.75, 3.05) is 47.5 Å². The highest BCUT2D eigenvalue weighted by Gasteiger charge is 2.16. The predicted octanol–water partition coefficient (Wildman–Crippen LogP) is 11.4. The van der Waals surface area contributed by atoms with E-state index in [0.717, 1.165) is 19.3 Å². The van der Waals surface area contributed by atoms with E-state index in [1.165, 1.54) is 167 Å². The van der Waals surface area contributed by atoms with Crippen LogP contribution in [0, 0.1) is 0 Å². The number of likely N-dealkylation sites (N-methyl/N-ethyl adjacent to an activating group) is 1. The lowest BCUT2D eigenvalue weighted by Crippen LogP contribution is -2.37. The molecule has 0 aromatic heterocycles. The van der Waals surface area contributed by atoms with Gasteiger partial charge in [0.25, 0.3) is 7.82 Å². The first-order valence-electron chi connectivity index (χ1n) is 21.4. The number of phosphoric acid groups is 1. The van der Waals surface area contributed by atoms with E-state index in [2.05, 4.69) is 19.1 Å². The molecule has 0 radical (unpaired) electrons. The van der Waals surface area contributed by atoms with E-state index in [1.54, 1.807) is 0 Å². The van der Waals surface area contributed by atoms with Gasteiger partial charge in [-0.2, -0.15) is 0 Å². The molecule has 0 amide bonds. The maximum absolute atomic E-state index is 11.9. The summed E-state index contributed by atoms with van der Waals surface area (Å²) in [5.74, 6) is -0.382. The van der Waals surface area contributed by atoms with Crippen LogP contribution in [0.4, 0.5) is 0 Å². The van der Waals surface area contributed by atoms with E-state index in [4.69, 9.17) is 13.8 Å². The molecule has 0 aliphatic heterocycles. The molecule has 0 rings (SSSR count). The summed E-state index contributed by atoms with van der Waals surface area (Å²) < 4.78 is 26.9. The summed E-state index contributed by atoms with van der Waals surface area (Å²) in [4.78, 5) is 23.7. The van der Waals surface area contributed by atoms with Gasteiger partial charge in [-0.1, -0.05) is 173 Å². The van der Waals surface area contributed by atoms with Crippen LogP contribution in [0.15, 0.2) is 12.2 Å². The Kier molecular flexibility index (Phi) is 35.7. The maximum Gasteiger partial charge on any atom is 0.305 e. The minimum absolute atomic E-state index is 0.00590. The second-order valence-electron chi connectivity index (χ2n) is 15.9. The third kappa shape index (κ3) is 41.9. The Hall–Kier alpha value is -0.760. The first kappa shape index (κ1) is 50.2. The number of unbranched alkanes of at least 4 members (excludes halogenated alkanes) is 27. The Labute approximate surface area is 316 Å². The minimum atomic E-state index is -4.50. The molecule has 2 unspecified atom stereocenters. The van der Waals surface area contributed by atoms with Crippen LogP contribution in [0.5, 0.6) is 0 Å². The van der Waals surface area contributed by atoms with Crippen LogP contribution < -0.4 is 4.89 Å². The maximum atomic E-state index is 11.9. The van der Waals surface area contributed by atoms with Crippen molar-refractivity contribution in [2.24, 2.45) is 0 Å². The molecule has 0 saturated heterocycles. The number of carbonyl (C=O) groups is 1. The Morgan fingerprint density at radius 3 is 1.37 bits per heavy atom. The highest BCUT2D eigenvalue weighted by molar-refractivity contribution is 7.45. The number of hydrogen-bond donors (Lipinski definition) is 1. The lowest BCUT2D eigenvalue weighted by molar-refractivity contribution is -0.870. The number of phosphoric ester groups is 1. The lowest BCUT2D eigenvalue weighted by Gasteiger charge is -2.27. The quantitative estimate of drug-likeness (QED) is 0.0219. The molecule has 0 heterocycles. The Balaban J connectivity index is 3.33. The van der Waals surface area contributed by atoms with Crippen molar-refractivity contribution < 1.29 is 37.6 Å². The van der Waals surface area contributed by atoms with Crippen molar-refractivity contribution in [3.05, 3.63) is 12.2 Å². The topological polar surface area (TPSA) is 105 Å². The number of nitrogens with zero attached hydrogens (tertiary/aromatic N) is 1. The Morgan fingerprint density at radius 2 is 0.980 bits per heavy atom. The van der Waals surface area contributed by atoms with Gasteiger partial charge >= 0.3 is 5.97 Å². The zero-order valence-electron chi connectivity index (χ0n) is 34.1. The minimum Gasteiger partial charge on any atom is -0.756 e. The van der Waals surface area contributed by atoms with Gasteiger partial charge in [-0.15, -0.1) is 0 Å². The number of quaternary nitrogens is 1. The fraction of sp³-hybridized carbons (Fsp3) is 0.929. The summed E-state index contributed by atoms with van der Waals surface area (Å²) >= 11 is 0. The van der Waals surface area contributed by atoms with Crippen molar-refractivity contribution in [3.63, 3.8) is 0 Å². The highest BCUT2D eigenvalue weighted by atomic mass is 31.2. The van der Waals surface area contributed by atoms with Crippen LogP contribution in [-0.4, -0.2) is 69.2 Å². The number of allylic oxidation sites excluding steroid dienone is 2. The number of ether oxygens (including phenoxy) is 1. The summed E-state index contributed by atoms with van der Waals surface area (Å²) in [5, 5.41) is 9.88. The van der Waals surface area contributed by atoms with Crippen LogP contribution >= 0.6 is 7.82 Å². The van der Waals surface area contributed by atoms with Gasteiger partial charge in [0.15, 0.2) is 0 Å². The van der Waals surface area contributed by atoms with Crippen LogP contribution in [0.3, 0.4) is 0 Å². The average Bonchev–Trinajstić information content (AvgIpc) is 3.08. The van der Waals surface area contributed by atoms with E-state index < -0.39 is 20.5 Å². The molecule has 0 spiro atoms. The Bertz CT molecular complexity index is 833. The molecule has 0 aliphatic rings. The van der Waals surface area contributed by atoms with Crippen molar-refractivity contribution in [1.29, 1.82) is 0 Å². The molecule has 0 aliphatic carbocycles. The second-order valence-corrected chi connectivity index (χ2v) is 17.3. The van der Waals surface area contributed by atoms with Gasteiger partial charge in [0.1, 0.15) is 25.9 Å². The van der Waals surface area contributed by atoms with E-state index in [-0.39, 0.29) is 19.2 Å². The molecule has 0 bridgehead atoms. The van der Waals surface area contributed by atoms with Crippen LogP contribution in [-0.2, 0) is 23.1 Å². The number of rotatable bonds is 40. The highest BCUT2D eigenvalue weighted by Crippen LogP contribution is 2.38. The van der Waals surface area contributed by atoms with Gasteiger partial charge in [-0.3, -0.25) is 9.36 Å². The first-order chi connectivity index (χ1) is 24.6. The number of aliphatic hydroxyl groups excluding tert-OH is 1. The second kappa shape index (κ2) is 36.2.